The maximum atomic E-state index is 5.87. The Kier molecular flexibility index (Phi) is 3.14. The third-order valence-electron chi connectivity index (χ3n) is 3.87. The van der Waals surface area contributed by atoms with Crippen LogP contribution in [-0.2, 0) is 13.6 Å². The highest BCUT2D eigenvalue weighted by atomic mass is 16.3. The molecule has 0 spiro atoms. The van der Waals surface area contributed by atoms with Crippen molar-refractivity contribution >= 4 is 0 Å². The minimum atomic E-state index is 0.154. The highest BCUT2D eigenvalue weighted by molar-refractivity contribution is 5.17. The van der Waals surface area contributed by atoms with Crippen LogP contribution in [0.3, 0.4) is 0 Å². The van der Waals surface area contributed by atoms with Gasteiger partial charge in [-0.25, -0.2) is 0 Å². The Hall–Kier alpha value is -1.62. The van der Waals surface area contributed by atoms with Crippen LogP contribution in [0.25, 0.3) is 0 Å². The highest BCUT2D eigenvalue weighted by Gasteiger charge is 2.36. The topological polar surface area (TPSA) is 55.9 Å². The molecule has 0 amide bonds. The number of rotatable bonds is 5. The summed E-state index contributed by atoms with van der Waals surface area (Å²) in [4.78, 5) is 0. The molecule has 5 nitrogen and oxygen atoms in total. The molecule has 2 aromatic heterocycles. The van der Waals surface area contributed by atoms with Crippen LogP contribution in [0, 0.1) is 5.92 Å². The molecule has 1 fully saturated rings. The Labute approximate surface area is 113 Å². The number of aryl methyl sites for hydroxylation is 1. The van der Waals surface area contributed by atoms with Crippen LogP contribution in [0.15, 0.2) is 22.9 Å². The standard InChI is InChI=1S/C14H20N4O/c1-9-6-12(9)13-5-4-11(19-13)7-15-10(2)14-17-16-8-18(14)3/h4-5,8-10,12,15H,6-7H2,1-3H3. The van der Waals surface area contributed by atoms with Crippen LogP contribution in [-0.4, -0.2) is 14.8 Å². The van der Waals surface area contributed by atoms with E-state index >= 15 is 0 Å². The monoisotopic (exact) mass is 260 g/mol. The second kappa shape index (κ2) is 4.81. The van der Waals surface area contributed by atoms with E-state index in [0.29, 0.717) is 5.92 Å². The fourth-order valence-electron chi connectivity index (χ4n) is 2.44. The molecule has 19 heavy (non-hydrogen) atoms. The number of furan rings is 1. The summed E-state index contributed by atoms with van der Waals surface area (Å²) < 4.78 is 7.80. The molecule has 5 heteroatoms. The number of aromatic nitrogens is 3. The van der Waals surface area contributed by atoms with E-state index in [-0.39, 0.29) is 6.04 Å². The summed E-state index contributed by atoms with van der Waals surface area (Å²) in [6.45, 7) is 5.06. The Balaban J connectivity index is 1.57. The van der Waals surface area contributed by atoms with Crippen LogP contribution in [0.1, 0.15) is 49.6 Å². The molecule has 3 rings (SSSR count). The van der Waals surface area contributed by atoms with Crippen LogP contribution in [0.2, 0.25) is 0 Å². The zero-order chi connectivity index (χ0) is 13.4. The van der Waals surface area contributed by atoms with Gasteiger partial charge in [0, 0.05) is 13.0 Å². The first-order valence-electron chi connectivity index (χ1n) is 6.81. The summed E-state index contributed by atoms with van der Waals surface area (Å²) >= 11 is 0. The Bertz CT molecular complexity index is 559. The van der Waals surface area contributed by atoms with Gasteiger partial charge in [0.1, 0.15) is 23.7 Å². The first-order chi connectivity index (χ1) is 9.15. The fraction of sp³-hybridized carbons (Fsp3) is 0.571. The molecule has 0 saturated heterocycles. The van der Waals surface area contributed by atoms with Crippen LogP contribution >= 0.6 is 0 Å². The van der Waals surface area contributed by atoms with Crippen molar-refractivity contribution in [3.8, 4) is 0 Å². The molecule has 0 bridgehead atoms. The van der Waals surface area contributed by atoms with Crippen molar-refractivity contribution in [1.29, 1.82) is 0 Å². The van der Waals surface area contributed by atoms with Gasteiger partial charge in [0.2, 0.25) is 0 Å². The molecule has 0 aliphatic heterocycles. The van der Waals surface area contributed by atoms with Gasteiger partial charge in [-0.1, -0.05) is 6.92 Å². The van der Waals surface area contributed by atoms with E-state index in [0.717, 1.165) is 29.8 Å². The van der Waals surface area contributed by atoms with Crippen molar-refractivity contribution in [2.24, 2.45) is 13.0 Å². The second-order valence-electron chi connectivity index (χ2n) is 5.53. The lowest BCUT2D eigenvalue weighted by Gasteiger charge is -2.11. The maximum absolute atomic E-state index is 5.87. The van der Waals surface area contributed by atoms with E-state index < -0.39 is 0 Å². The smallest absolute Gasteiger partial charge is 0.149 e. The van der Waals surface area contributed by atoms with E-state index in [9.17, 15) is 0 Å². The lowest BCUT2D eigenvalue weighted by atomic mass is 10.3. The van der Waals surface area contributed by atoms with Crippen LogP contribution in [0.4, 0.5) is 0 Å². The largest absolute Gasteiger partial charge is 0.464 e. The van der Waals surface area contributed by atoms with E-state index in [2.05, 4.69) is 41.5 Å². The van der Waals surface area contributed by atoms with E-state index in [1.807, 2.05) is 11.6 Å². The second-order valence-corrected chi connectivity index (χ2v) is 5.53. The van der Waals surface area contributed by atoms with Crippen molar-refractivity contribution in [1.82, 2.24) is 20.1 Å². The average Bonchev–Trinajstić information content (AvgIpc) is 2.83. The Morgan fingerprint density at radius 3 is 2.95 bits per heavy atom. The number of hydrogen-bond donors (Lipinski definition) is 1. The van der Waals surface area contributed by atoms with Crippen molar-refractivity contribution < 1.29 is 4.42 Å². The van der Waals surface area contributed by atoms with Gasteiger partial charge in [0.15, 0.2) is 0 Å². The Morgan fingerprint density at radius 2 is 2.32 bits per heavy atom. The van der Waals surface area contributed by atoms with E-state index in [1.165, 1.54) is 6.42 Å². The van der Waals surface area contributed by atoms with Gasteiger partial charge >= 0.3 is 0 Å². The highest BCUT2D eigenvalue weighted by Crippen LogP contribution is 2.47. The van der Waals surface area contributed by atoms with Crippen molar-refractivity contribution in [2.75, 3.05) is 0 Å². The van der Waals surface area contributed by atoms with Crippen LogP contribution < -0.4 is 5.32 Å². The number of hydrogen-bond acceptors (Lipinski definition) is 4. The molecular formula is C14H20N4O. The summed E-state index contributed by atoms with van der Waals surface area (Å²) in [5.41, 5.74) is 0. The molecule has 102 valence electrons. The van der Waals surface area contributed by atoms with Crippen molar-refractivity contribution in [2.45, 2.75) is 38.8 Å². The molecule has 2 heterocycles. The Morgan fingerprint density at radius 1 is 1.53 bits per heavy atom. The van der Waals surface area contributed by atoms with Gasteiger partial charge in [-0.05, 0) is 31.4 Å². The molecular weight excluding hydrogens is 240 g/mol. The quantitative estimate of drug-likeness (QED) is 0.896. The molecule has 2 aromatic rings. The molecule has 3 atom stereocenters. The number of nitrogens with zero attached hydrogens (tertiary/aromatic N) is 3. The molecule has 0 aromatic carbocycles. The van der Waals surface area contributed by atoms with Gasteiger partial charge in [-0.15, -0.1) is 10.2 Å². The molecule has 1 saturated carbocycles. The van der Waals surface area contributed by atoms with Gasteiger partial charge in [-0.2, -0.15) is 0 Å². The summed E-state index contributed by atoms with van der Waals surface area (Å²) in [7, 11) is 1.95. The first kappa shape index (κ1) is 12.4. The summed E-state index contributed by atoms with van der Waals surface area (Å²) in [5, 5.41) is 11.4. The maximum Gasteiger partial charge on any atom is 0.149 e. The minimum absolute atomic E-state index is 0.154. The summed E-state index contributed by atoms with van der Waals surface area (Å²) in [6.07, 6.45) is 2.97. The first-order valence-corrected chi connectivity index (χ1v) is 6.81. The normalized spacial score (nSPS) is 23.5. The fourth-order valence-corrected chi connectivity index (χ4v) is 2.44. The zero-order valence-electron chi connectivity index (χ0n) is 11.6. The van der Waals surface area contributed by atoms with E-state index in [1.54, 1.807) is 6.33 Å². The third-order valence-corrected chi connectivity index (χ3v) is 3.87. The summed E-state index contributed by atoms with van der Waals surface area (Å²) in [5.74, 6) is 4.48. The van der Waals surface area contributed by atoms with Gasteiger partial charge in [0.25, 0.3) is 0 Å². The van der Waals surface area contributed by atoms with Gasteiger partial charge in [0.05, 0.1) is 12.6 Å². The molecule has 1 aliphatic carbocycles. The number of nitrogens with one attached hydrogen (secondary N) is 1. The lowest BCUT2D eigenvalue weighted by molar-refractivity contribution is 0.423. The van der Waals surface area contributed by atoms with Gasteiger partial charge in [-0.3, -0.25) is 0 Å². The van der Waals surface area contributed by atoms with Crippen LogP contribution in [0.5, 0.6) is 0 Å². The SMILES string of the molecule is CC(NCc1ccc(C2CC2C)o1)c1nncn1C. The van der Waals surface area contributed by atoms with E-state index in [4.69, 9.17) is 4.42 Å². The molecule has 3 unspecified atom stereocenters. The predicted molar refractivity (Wildman–Crippen MR) is 71.5 cm³/mol. The lowest BCUT2D eigenvalue weighted by Crippen LogP contribution is -2.20. The molecule has 1 aliphatic rings. The molecule has 0 radical (unpaired) electrons. The van der Waals surface area contributed by atoms with Crippen molar-refractivity contribution in [3.05, 3.63) is 35.8 Å². The molecule has 1 N–H and O–H groups in total. The van der Waals surface area contributed by atoms with Crippen molar-refractivity contribution in [3.63, 3.8) is 0 Å². The third kappa shape index (κ3) is 2.56. The zero-order valence-corrected chi connectivity index (χ0v) is 11.6. The minimum Gasteiger partial charge on any atom is -0.464 e. The summed E-state index contributed by atoms with van der Waals surface area (Å²) in [6, 6.07) is 4.33. The van der Waals surface area contributed by atoms with Gasteiger partial charge < -0.3 is 14.3 Å². The average molecular weight is 260 g/mol. The predicted octanol–water partition coefficient (Wildman–Crippen LogP) is 2.38.